The molecule has 3 amide bonds. The molecule has 1 N–H and O–H groups in total. The van der Waals surface area contributed by atoms with Crippen molar-refractivity contribution in [2.75, 3.05) is 24.5 Å². The van der Waals surface area contributed by atoms with Gasteiger partial charge in [0, 0.05) is 25.3 Å². The van der Waals surface area contributed by atoms with Crippen molar-refractivity contribution >= 4 is 23.4 Å². The average molecular weight is 379 g/mol. The number of hydrogen-bond donors (Lipinski definition) is 1. The molecule has 1 fully saturated rings. The minimum Gasteiger partial charge on any atom is -0.350 e. The van der Waals surface area contributed by atoms with Gasteiger partial charge in [-0.2, -0.15) is 0 Å². The summed E-state index contributed by atoms with van der Waals surface area (Å²) < 4.78 is 0. The lowest BCUT2D eigenvalue weighted by Gasteiger charge is -2.33. The molecule has 0 atom stereocenters. The number of rotatable bonds is 5. The first-order chi connectivity index (χ1) is 13.3. The highest BCUT2D eigenvalue weighted by molar-refractivity contribution is 6.41. The second-order valence-electron chi connectivity index (χ2n) is 7.21. The lowest BCUT2D eigenvalue weighted by atomic mass is 10.1. The number of carbonyl (C=O) groups is 3. The van der Waals surface area contributed by atoms with Crippen LogP contribution in [0.1, 0.15) is 22.3 Å². The Hall–Kier alpha value is -3.15. The van der Waals surface area contributed by atoms with E-state index in [-0.39, 0.29) is 12.5 Å². The van der Waals surface area contributed by atoms with Crippen molar-refractivity contribution in [2.45, 2.75) is 27.3 Å². The van der Waals surface area contributed by atoms with Gasteiger partial charge in [0.05, 0.1) is 0 Å². The van der Waals surface area contributed by atoms with Crippen molar-refractivity contribution in [3.63, 3.8) is 0 Å². The zero-order chi connectivity index (χ0) is 20.3. The fraction of sp³-hybridized carbons (Fsp3) is 0.318. The summed E-state index contributed by atoms with van der Waals surface area (Å²) in [6.07, 6.45) is 0. The van der Waals surface area contributed by atoms with Crippen LogP contribution in [-0.2, 0) is 20.9 Å². The summed E-state index contributed by atoms with van der Waals surface area (Å²) in [5, 5.41) is 2.80. The van der Waals surface area contributed by atoms with Crippen molar-refractivity contribution in [1.82, 2.24) is 10.2 Å². The van der Waals surface area contributed by atoms with Gasteiger partial charge in [0.15, 0.2) is 0 Å². The van der Waals surface area contributed by atoms with Crippen LogP contribution in [0.4, 0.5) is 5.69 Å². The molecule has 1 saturated heterocycles. The molecule has 2 aromatic rings. The molecule has 146 valence electrons. The third-order valence-electron chi connectivity index (χ3n) is 5.06. The molecular formula is C22H25N3O3. The van der Waals surface area contributed by atoms with E-state index < -0.39 is 11.8 Å². The maximum absolute atomic E-state index is 12.5. The predicted molar refractivity (Wildman–Crippen MR) is 108 cm³/mol. The Morgan fingerprint density at radius 2 is 1.64 bits per heavy atom. The first-order valence-corrected chi connectivity index (χ1v) is 9.35. The molecule has 0 saturated carbocycles. The zero-order valence-electron chi connectivity index (χ0n) is 16.5. The van der Waals surface area contributed by atoms with Crippen LogP contribution >= 0.6 is 0 Å². The number of benzene rings is 2. The number of anilines is 1. The Morgan fingerprint density at radius 1 is 0.929 bits per heavy atom. The maximum atomic E-state index is 12.5. The molecule has 0 bridgehead atoms. The van der Waals surface area contributed by atoms with E-state index in [9.17, 15) is 14.4 Å². The van der Waals surface area contributed by atoms with Crippen LogP contribution in [-0.4, -0.2) is 42.3 Å². The van der Waals surface area contributed by atoms with Gasteiger partial charge in [-0.1, -0.05) is 35.9 Å². The van der Waals surface area contributed by atoms with Gasteiger partial charge >= 0.3 is 11.8 Å². The Labute approximate surface area is 165 Å². The summed E-state index contributed by atoms with van der Waals surface area (Å²) in [6, 6.07) is 13.6. The minimum absolute atomic E-state index is 0.114. The smallest absolute Gasteiger partial charge is 0.316 e. The summed E-state index contributed by atoms with van der Waals surface area (Å²) in [6.45, 7) is 6.95. The summed E-state index contributed by atoms with van der Waals surface area (Å²) in [5.41, 5.74) is 5.05. The number of hydrogen-bond acceptors (Lipinski definition) is 3. The van der Waals surface area contributed by atoms with Gasteiger partial charge in [-0.25, -0.2) is 0 Å². The van der Waals surface area contributed by atoms with E-state index in [0.29, 0.717) is 25.3 Å². The largest absolute Gasteiger partial charge is 0.350 e. The quantitative estimate of drug-likeness (QED) is 0.809. The van der Waals surface area contributed by atoms with Crippen LogP contribution in [0.25, 0.3) is 0 Å². The number of nitrogens with one attached hydrogen (secondary N) is 1. The monoisotopic (exact) mass is 379 g/mol. The summed E-state index contributed by atoms with van der Waals surface area (Å²) in [5.74, 6) is -1.52. The van der Waals surface area contributed by atoms with Crippen molar-refractivity contribution in [2.24, 2.45) is 0 Å². The third kappa shape index (κ3) is 4.39. The van der Waals surface area contributed by atoms with E-state index in [4.69, 9.17) is 0 Å². The second-order valence-corrected chi connectivity index (χ2v) is 7.21. The lowest BCUT2D eigenvalue weighted by Crippen LogP contribution is -2.56. The van der Waals surface area contributed by atoms with Crippen molar-refractivity contribution in [1.29, 1.82) is 0 Å². The van der Waals surface area contributed by atoms with E-state index in [1.807, 2.05) is 63.2 Å². The Balaban J connectivity index is 1.57. The summed E-state index contributed by atoms with van der Waals surface area (Å²) >= 11 is 0. The SMILES string of the molecule is Cc1ccc(CNC(=O)CN2CCN(c3ccc(C)c(C)c3)C(=O)C2=O)cc1. The van der Waals surface area contributed by atoms with Crippen molar-refractivity contribution in [3.05, 3.63) is 64.7 Å². The van der Waals surface area contributed by atoms with Gasteiger partial charge in [0.1, 0.15) is 6.54 Å². The number of carbonyl (C=O) groups excluding carboxylic acids is 3. The zero-order valence-corrected chi connectivity index (χ0v) is 16.5. The van der Waals surface area contributed by atoms with E-state index >= 15 is 0 Å². The Kier molecular flexibility index (Phi) is 5.78. The van der Waals surface area contributed by atoms with Crippen molar-refractivity contribution < 1.29 is 14.4 Å². The highest BCUT2D eigenvalue weighted by Gasteiger charge is 2.34. The molecule has 0 radical (unpaired) electrons. The molecule has 1 aliphatic heterocycles. The molecule has 0 spiro atoms. The molecule has 28 heavy (non-hydrogen) atoms. The fourth-order valence-electron chi connectivity index (χ4n) is 3.10. The van der Waals surface area contributed by atoms with Gasteiger partial charge in [-0.05, 0) is 49.6 Å². The van der Waals surface area contributed by atoms with E-state index in [2.05, 4.69) is 5.32 Å². The van der Waals surface area contributed by atoms with Crippen LogP contribution in [0.2, 0.25) is 0 Å². The van der Waals surface area contributed by atoms with Crippen LogP contribution in [0, 0.1) is 20.8 Å². The predicted octanol–water partition coefficient (Wildman–Crippen LogP) is 2.10. The molecule has 0 aliphatic carbocycles. The maximum Gasteiger partial charge on any atom is 0.316 e. The standard InChI is InChI=1S/C22H25N3O3/c1-15-4-7-18(8-5-15)13-23-20(26)14-24-10-11-25(22(28)21(24)27)19-9-6-16(2)17(3)12-19/h4-9,12H,10-11,13-14H2,1-3H3,(H,23,26). The highest BCUT2D eigenvalue weighted by Crippen LogP contribution is 2.21. The van der Waals surface area contributed by atoms with Crippen LogP contribution < -0.4 is 10.2 Å². The Morgan fingerprint density at radius 3 is 2.32 bits per heavy atom. The van der Waals surface area contributed by atoms with E-state index in [1.54, 1.807) is 0 Å². The molecule has 0 unspecified atom stereocenters. The Bertz CT molecular complexity index is 906. The number of aryl methyl sites for hydroxylation is 3. The lowest BCUT2D eigenvalue weighted by molar-refractivity contribution is -0.147. The molecule has 0 aromatic heterocycles. The fourth-order valence-corrected chi connectivity index (χ4v) is 3.10. The molecule has 2 aromatic carbocycles. The molecule has 6 nitrogen and oxygen atoms in total. The topological polar surface area (TPSA) is 69.7 Å². The van der Waals surface area contributed by atoms with Crippen LogP contribution in [0.3, 0.4) is 0 Å². The highest BCUT2D eigenvalue weighted by atomic mass is 16.2. The summed E-state index contributed by atoms with van der Waals surface area (Å²) in [4.78, 5) is 40.0. The average Bonchev–Trinajstić information content (AvgIpc) is 2.67. The normalized spacial score (nSPS) is 14.4. The van der Waals surface area contributed by atoms with Crippen LogP contribution in [0.5, 0.6) is 0 Å². The molecule has 1 heterocycles. The first kappa shape index (κ1) is 19.6. The van der Waals surface area contributed by atoms with Gasteiger partial charge in [-0.3, -0.25) is 14.4 Å². The molecular weight excluding hydrogens is 354 g/mol. The van der Waals surface area contributed by atoms with E-state index in [1.165, 1.54) is 9.80 Å². The molecule has 1 aliphatic rings. The van der Waals surface area contributed by atoms with Crippen molar-refractivity contribution in [3.8, 4) is 0 Å². The van der Waals surface area contributed by atoms with Gasteiger partial charge in [-0.15, -0.1) is 0 Å². The van der Waals surface area contributed by atoms with Gasteiger partial charge in [0.25, 0.3) is 0 Å². The third-order valence-corrected chi connectivity index (χ3v) is 5.06. The van der Waals surface area contributed by atoms with Crippen LogP contribution in [0.15, 0.2) is 42.5 Å². The molecule has 6 heteroatoms. The number of piperazine rings is 1. The van der Waals surface area contributed by atoms with E-state index in [0.717, 1.165) is 22.3 Å². The number of amides is 3. The second kappa shape index (κ2) is 8.25. The number of nitrogens with zero attached hydrogens (tertiary/aromatic N) is 2. The van der Waals surface area contributed by atoms with Gasteiger partial charge < -0.3 is 15.1 Å². The molecule has 3 rings (SSSR count). The minimum atomic E-state index is -0.644. The summed E-state index contributed by atoms with van der Waals surface area (Å²) in [7, 11) is 0. The van der Waals surface area contributed by atoms with Gasteiger partial charge in [0.2, 0.25) is 5.91 Å². The first-order valence-electron chi connectivity index (χ1n) is 9.35.